The molecule has 0 saturated heterocycles. The molecule has 9 nitrogen and oxygen atoms in total. The number of rotatable bonds is 7. The van der Waals surface area contributed by atoms with Crippen molar-refractivity contribution in [2.45, 2.75) is 25.5 Å². The van der Waals surface area contributed by atoms with Gasteiger partial charge in [-0.2, -0.15) is 0 Å². The van der Waals surface area contributed by atoms with Gasteiger partial charge in [-0.15, -0.1) is 0 Å². The van der Waals surface area contributed by atoms with Crippen molar-refractivity contribution in [3.63, 3.8) is 0 Å². The molecule has 0 aliphatic heterocycles. The van der Waals surface area contributed by atoms with Gasteiger partial charge in [0, 0.05) is 6.42 Å². The number of nitrogens with two attached hydrogens (primary N) is 2. The van der Waals surface area contributed by atoms with E-state index in [4.69, 9.17) is 16.4 Å². The zero-order valence-corrected chi connectivity index (χ0v) is 11.9. The highest BCUT2D eigenvalue weighted by Crippen LogP contribution is 2.02. The van der Waals surface area contributed by atoms with Gasteiger partial charge in [-0.25, -0.2) is 16.5 Å². The van der Waals surface area contributed by atoms with E-state index in [2.05, 4.69) is 5.32 Å². The van der Waals surface area contributed by atoms with Crippen LogP contribution in [0, 0.1) is 0 Å². The van der Waals surface area contributed by atoms with E-state index in [0.29, 0.717) is 0 Å². The summed E-state index contributed by atoms with van der Waals surface area (Å²) in [5.74, 6) is 8.88. The van der Waals surface area contributed by atoms with E-state index < -0.39 is 23.9 Å². The molecule has 1 atom stereocenters. The summed E-state index contributed by atoms with van der Waals surface area (Å²) < 4.78 is 4.99. The van der Waals surface area contributed by atoms with Gasteiger partial charge in [0.25, 0.3) is 5.91 Å². The van der Waals surface area contributed by atoms with Crippen molar-refractivity contribution in [2.75, 3.05) is 0 Å². The second-order valence-corrected chi connectivity index (χ2v) is 4.37. The number of hydrogen-bond acceptors (Lipinski definition) is 6. The monoisotopic (exact) mass is 309 g/mol. The number of ether oxygens (including phenoxy) is 1. The Morgan fingerprint density at radius 3 is 2.36 bits per heavy atom. The van der Waals surface area contributed by atoms with Crippen LogP contribution in [0.25, 0.3) is 0 Å². The average molecular weight is 309 g/mol. The molecule has 0 fully saturated rings. The van der Waals surface area contributed by atoms with Gasteiger partial charge in [0.2, 0.25) is 5.91 Å². The lowest BCUT2D eigenvalue weighted by Crippen LogP contribution is -2.49. The number of alkyl carbamates (subject to hydrolysis) is 1. The predicted octanol–water partition coefficient (Wildman–Crippen LogP) is -0.959. The largest absolute Gasteiger partial charge is 0.445 e. The minimum atomic E-state index is -0.995. The summed E-state index contributed by atoms with van der Waals surface area (Å²) in [4.78, 5) is 34.3. The van der Waals surface area contributed by atoms with Crippen LogP contribution in [0.4, 0.5) is 4.79 Å². The molecule has 120 valence electrons. The second-order valence-electron chi connectivity index (χ2n) is 4.37. The fraction of sp³-hybridized carbons (Fsp3) is 0.308. The fourth-order valence-corrected chi connectivity index (χ4v) is 1.62. The lowest BCUT2D eigenvalue weighted by Gasteiger charge is -2.16. The predicted molar refractivity (Wildman–Crippen MR) is 77.4 cm³/mol. The highest BCUT2D eigenvalue weighted by atomic mass is 16.5. The molecule has 1 unspecified atom stereocenters. The molecule has 0 heterocycles. The molecule has 0 spiro atoms. The molecule has 1 aromatic carbocycles. The van der Waals surface area contributed by atoms with E-state index in [1.807, 2.05) is 29.1 Å². The summed E-state index contributed by atoms with van der Waals surface area (Å²) in [6.45, 7) is 0.0624. The highest BCUT2D eigenvalue weighted by molar-refractivity contribution is 5.86. The van der Waals surface area contributed by atoms with Crippen LogP contribution in [0.5, 0.6) is 0 Å². The van der Waals surface area contributed by atoms with Crippen LogP contribution in [0.3, 0.4) is 0 Å². The van der Waals surface area contributed by atoms with E-state index in [0.717, 1.165) is 5.56 Å². The molecule has 9 heteroatoms. The van der Waals surface area contributed by atoms with E-state index in [-0.39, 0.29) is 19.4 Å². The molecular weight excluding hydrogens is 290 g/mol. The SMILES string of the molecule is NNC(=O)CCC(NC(=O)OCc1ccccc1)C(=O)NN. The number of benzene rings is 1. The molecule has 0 aliphatic rings. The molecule has 22 heavy (non-hydrogen) atoms. The standard InChI is InChI=1S/C13H19N5O4/c14-17-11(19)7-6-10(12(20)18-15)16-13(21)22-8-9-4-2-1-3-5-9/h1-5,10H,6-8,14-15H2,(H,16,21)(H,17,19)(H,18,20). The number of nitrogens with one attached hydrogen (secondary N) is 3. The topological polar surface area (TPSA) is 149 Å². The molecule has 0 saturated carbocycles. The number of carbonyl (C=O) groups is 3. The number of hydrazine groups is 2. The first-order valence-corrected chi connectivity index (χ1v) is 6.54. The van der Waals surface area contributed by atoms with Crippen molar-refractivity contribution < 1.29 is 19.1 Å². The van der Waals surface area contributed by atoms with E-state index in [1.54, 1.807) is 12.1 Å². The summed E-state index contributed by atoms with van der Waals surface area (Å²) in [7, 11) is 0. The van der Waals surface area contributed by atoms with Crippen LogP contribution in [-0.2, 0) is 20.9 Å². The van der Waals surface area contributed by atoms with Crippen LogP contribution in [0.15, 0.2) is 30.3 Å². The van der Waals surface area contributed by atoms with E-state index >= 15 is 0 Å². The lowest BCUT2D eigenvalue weighted by molar-refractivity contribution is -0.124. The molecule has 0 aliphatic carbocycles. The first-order chi connectivity index (χ1) is 10.6. The van der Waals surface area contributed by atoms with Crippen LogP contribution in [-0.4, -0.2) is 23.9 Å². The van der Waals surface area contributed by atoms with Crippen molar-refractivity contribution in [3.8, 4) is 0 Å². The highest BCUT2D eigenvalue weighted by Gasteiger charge is 2.21. The van der Waals surface area contributed by atoms with Crippen LogP contribution in [0.1, 0.15) is 18.4 Å². The minimum Gasteiger partial charge on any atom is -0.445 e. The van der Waals surface area contributed by atoms with Gasteiger partial charge in [0.1, 0.15) is 12.6 Å². The summed E-state index contributed by atoms with van der Waals surface area (Å²) in [6, 6.07) is 8.06. The Morgan fingerprint density at radius 2 is 1.77 bits per heavy atom. The van der Waals surface area contributed by atoms with Crippen molar-refractivity contribution in [3.05, 3.63) is 35.9 Å². The third-order valence-electron chi connectivity index (χ3n) is 2.78. The first kappa shape index (κ1) is 17.4. The van der Waals surface area contributed by atoms with Gasteiger partial charge < -0.3 is 10.1 Å². The minimum absolute atomic E-state index is 0.0342. The van der Waals surface area contributed by atoms with Gasteiger partial charge >= 0.3 is 6.09 Å². The molecular formula is C13H19N5O4. The molecule has 7 N–H and O–H groups in total. The summed E-state index contributed by atoms with van der Waals surface area (Å²) >= 11 is 0. The average Bonchev–Trinajstić information content (AvgIpc) is 2.56. The Labute approximate surface area is 127 Å². The van der Waals surface area contributed by atoms with Crippen molar-refractivity contribution in [1.29, 1.82) is 0 Å². The Morgan fingerprint density at radius 1 is 1.09 bits per heavy atom. The number of carbonyl (C=O) groups excluding carboxylic acids is 3. The number of amides is 3. The van der Waals surface area contributed by atoms with Crippen LogP contribution >= 0.6 is 0 Å². The molecule has 0 bridgehead atoms. The maximum Gasteiger partial charge on any atom is 0.408 e. The van der Waals surface area contributed by atoms with Crippen molar-refractivity contribution in [2.24, 2.45) is 11.7 Å². The molecule has 3 amide bonds. The Hall–Kier alpha value is -2.65. The van der Waals surface area contributed by atoms with Gasteiger partial charge in [0.05, 0.1) is 0 Å². The summed E-state index contributed by atoms with van der Waals surface area (Å²) in [6.07, 6.45) is -0.800. The van der Waals surface area contributed by atoms with E-state index in [1.165, 1.54) is 0 Å². The maximum absolute atomic E-state index is 11.7. The zero-order valence-electron chi connectivity index (χ0n) is 11.9. The molecule has 1 rings (SSSR count). The van der Waals surface area contributed by atoms with Crippen molar-refractivity contribution >= 4 is 17.9 Å². The normalized spacial score (nSPS) is 11.2. The quantitative estimate of drug-likeness (QED) is 0.249. The third-order valence-corrected chi connectivity index (χ3v) is 2.78. The van der Waals surface area contributed by atoms with Crippen molar-refractivity contribution in [1.82, 2.24) is 16.2 Å². The van der Waals surface area contributed by atoms with Gasteiger partial charge in [-0.1, -0.05) is 30.3 Å². The lowest BCUT2D eigenvalue weighted by atomic mass is 10.1. The van der Waals surface area contributed by atoms with Gasteiger partial charge in [-0.3, -0.25) is 20.4 Å². The number of hydrogen-bond donors (Lipinski definition) is 5. The first-order valence-electron chi connectivity index (χ1n) is 6.54. The Bertz CT molecular complexity index is 508. The summed E-state index contributed by atoms with van der Waals surface area (Å²) in [5, 5.41) is 2.34. The fourth-order valence-electron chi connectivity index (χ4n) is 1.62. The third kappa shape index (κ3) is 6.20. The summed E-state index contributed by atoms with van der Waals surface area (Å²) in [5.41, 5.74) is 4.65. The second kappa shape index (κ2) is 9.32. The maximum atomic E-state index is 11.7. The van der Waals surface area contributed by atoms with Crippen LogP contribution < -0.4 is 27.9 Å². The Kier molecular flexibility index (Phi) is 7.37. The smallest absolute Gasteiger partial charge is 0.408 e. The van der Waals surface area contributed by atoms with E-state index in [9.17, 15) is 14.4 Å². The molecule has 1 aromatic rings. The van der Waals surface area contributed by atoms with Gasteiger partial charge in [0.15, 0.2) is 0 Å². The van der Waals surface area contributed by atoms with Gasteiger partial charge in [-0.05, 0) is 12.0 Å². The van der Waals surface area contributed by atoms with Crippen LogP contribution in [0.2, 0.25) is 0 Å². The Balaban J connectivity index is 2.48. The zero-order chi connectivity index (χ0) is 16.4. The molecule has 0 aromatic heterocycles. The molecule has 0 radical (unpaired) electrons.